The number of nitrogens with zero attached hydrogens (tertiary/aromatic N) is 1. The highest BCUT2D eigenvalue weighted by atomic mass is 32.2. The quantitative estimate of drug-likeness (QED) is 0.778. The van der Waals surface area contributed by atoms with Gasteiger partial charge in [-0.3, -0.25) is 4.79 Å². The summed E-state index contributed by atoms with van der Waals surface area (Å²) in [7, 11) is 1.86. The van der Waals surface area contributed by atoms with Crippen LogP contribution in [0.4, 0.5) is 0 Å². The number of amides is 1. The van der Waals surface area contributed by atoms with Gasteiger partial charge < -0.3 is 14.4 Å². The van der Waals surface area contributed by atoms with E-state index < -0.39 is 9.84 Å². The van der Waals surface area contributed by atoms with Gasteiger partial charge in [0.15, 0.2) is 9.84 Å². The normalized spacial score (nSPS) is 20.4. The second-order valence-corrected chi connectivity index (χ2v) is 8.50. The summed E-state index contributed by atoms with van der Waals surface area (Å²) in [6, 6.07) is 5.32. The number of methoxy groups -OCH3 is 2. The minimum atomic E-state index is -3.00. The second-order valence-electron chi connectivity index (χ2n) is 6.27. The molecule has 7 heteroatoms. The van der Waals surface area contributed by atoms with Crippen LogP contribution in [0.3, 0.4) is 0 Å². The van der Waals surface area contributed by atoms with Gasteiger partial charge in [0.2, 0.25) is 5.91 Å². The van der Waals surface area contributed by atoms with E-state index in [9.17, 15) is 13.2 Å². The molecule has 0 bridgehead atoms. The molecule has 1 aliphatic heterocycles. The minimum Gasteiger partial charge on any atom is -0.497 e. The van der Waals surface area contributed by atoms with E-state index in [0.717, 1.165) is 5.56 Å². The van der Waals surface area contributed by atoms with Crippen LogP contribution >= 0.6 is 0 Å². The fourth-order valence-corrected chi connectivity index (χ4v) is 4.80. The van der Waals surface area contributed by atoms with Crippen LogP contribution in [-0.4, -0.2) is 58.0 Å². The standard InChI is InChI=1S/C17H25NO5S/c1-12(15-6-5-14(22-3)10-16(15)23-4)9-17(19)18(2)13-7-8-24(20,21)11-13/h5-6,10,12-13H,7-9,11H2,1-4H3. The Bertz CT molecular complexity index is 701. The molecule has 1 saturated heterocycles. The topological polar surface area (TPSA) is 72.9 Å². The third-order valence-electron chi connectivity index (χ3n) is 4.60. The molecule has 2 unspecified atom stereocenters. The predicted octanol–water partition coefficient (Wildman–Crippen LogP) is 1.84. The molecule has 6 nitrogen and oxygen atoms in total. The third-order valence-corrected chi connectivity index (χ3v) is 6.35. The molecule has 1 aromatic carbocycles. The van der Waals surface area contributed by atoms with Gasteiger partial charge in [0.1, 0.15) is 11.5 Å². The molecule has 0 spiro atoms. The van der Waals surface area contributed by atoms with Gasteiger partial charge in [-0.15, -0.1) is 0 Å². The van der Waals surface area contributed by atoms with Gasteiger partial charge in [-0.2, -0.15) is 0 Å². The lowest BCUT2D eigenvalue weighted by molar-refractivity contribution is -0.131. The minimum absolute atomic E-state index is 0.0428. The van der Waals surface area contributed by atoms with Crippen molar-refractivity contribution in [3.63, 3.8) is 0 Å². The molecule has 24 heavy (non-hydrogen) atoms. The van der Waals surface area contributed by atoms with Crippen molar-refractivity contribution in [3.8, 4) is 11.5 Å². The van der Waals surface area contributed by atoms with E-state index in [1.54, 1.807) is 32.2 Å². The first-order valence-electron chi connectivity index (χ1n) is 7.95. The molecular weight excluding hydrogens is 330 g/mol. The number of rotatable bonds is 6. The molecule has 2 rings (SSSR count). The summed E-state index contributed by atoms with van der Waals surface area (Å²) in [5.74, 6) is 1.51. The summed E-state index contributed by atoms with van der Waals surface area (Å²) in [6.45, 7) is 1.96. The molecule has 134 valence electrons. The van der Waals surface area contributed by atoms with E-state index in [1.165, 1.54) is 0 Å². The van der Waals surface area contributed by atoms with Crippen LogP contribution in [-0.2, 0) is 14.6 Å². The maximum Gasteiger partial charge on any atom is 0.223 e. The first-order chi connectivity index (χ1) is 11.3. The van der Waals surface area contributed by atoms with E-state index in [4.69, 9.17) is 9.47 Å². The zero-order valence-corrected chi connectivity index (χ0v) is 15.4. The van der Waals surface area contributed by atoms with Crippen molar-refractivity contribution in [3.05, 3.63) is 23.8 Å². The smallest absolute Gasteiger partial charge is 0.223 e. The van der Waals surface area contributed by atoms with E-state index in [2.05, 4.69) is 0 Å². The summed E-state index contributed by atoms with van der Waals surface area (Å²) >= 11 is 0. The van der Waals surface area contributed by atoms with Crippen LogP contribution in [0.25, 0.3) is 0 Å². The van der Waals surface area contributed by atoms with Crippen molar-refractivity contribution >= 4 is 15.7 Å². The summed E-state index contributed by atoms with van der Waals surface area (Å²) in [5, 5.41) is 0. The lowest BCUT2D eigenvalue weighted by Crippen LogP contribution is -2.38. The van der Waals surface area contributed by atoms with Gasteiger partial charge in [0.25, 0.3) is 0 Å². The Morgan fingerprint density at radius 1 is 1.33 bits per heavy atom. The van der Waals surface area contributed by atoms with Crippen LogP contribution in [0, 0.1) is 0 Å². The zero-order chi connectivity index (χ0) is 17.9. The molecule has 0 N–H and O–H groups in total. The molecule has 1 aromatic rings. The summed E-state index contributed by atoms with van der Waals surface area (Å²) in [5.41, 5.74) is 0.930. The number of ether oxygens (including phenoxy) is 2. The van der Waals surface area contributed by atoms with Gasteiger partial charge >= 0.3 is 0 Å². The molecule has 1 aliphatic rings. The Morgan fingerprint density at radius 2 is 2.04 bits per heavy atom. The number of sulfone groups is 1. The Kier molecular flexibility index (Phi) is 5.74. The number of benzene rings is 1. The van der Waals surface area contributed by atoms with Crippen molar-refractivity contribution in [2.24, 2.45) is 0 Å². The summed E-state index contributed by atoms with van der Waals surface area (Å²) in [6.07, 6.45) is 0.820. The molecular formula is C17H25NO5S. The Labute approximate surface area is 143 Å². The first-order valence-corrected chi connectivity index (χ1v) is 9.77. The third kappa shape index (κ3) is 4.20. The molecule has 0 aromatic heterocycles. The van der Waals surface area contributed by atoms with Crippen LogP contribution in [0.1, 0.15) is 31.2 Å². The Hall–Kier alpha value is -1.76. The highest BCUT2D eigenvalue weighted by molar-refractivity contribution is 7.91. The Morgan fingerprint density at radius 3 is 2.58 bits per heavy atom. The van der Waals surface area contributed by atoms with Gasteiger partial charge in [-0.1, -0.05) is 13.0 Å². The van der Waals surface area contributed by atoms with Crippen LogP contribution in [0.5, 0.6) is 11.5 Å². The molecule has 2 atom stereocenters. The average molecular weight is 355 g/mol. The highest BCUT2D eigenvalue weighted by Gasteiger charge is 2.33. The van der Waals surface area contributed by atoms with Gasteiger partial charge in [-0.05, 0) is 24.0 Å². The number of carbonyl (C=O) groups excluding carboxylic acids is 1. The van der Waals surface area contributed by atoms with Crippen LogP contribution < -0.4 is 9.47 Å². The van der Waals surface area contributed by atoms with Gasteiger partial charge in [-0.25, -0.2) is 8.42 Å². The lowest BCUT2D eigenvalue weighted by Gasteiger charge is -2.25. The maximum atomic E-state index is 12.5. The van der Waals surface area contributed by atoms with E-state index in [1.807, 2.05) is 19.1 Å². The van der Waals surface area contributed by atoms with E-state index in [-0.39, 0.29) is 29.4 Å². The zero-order valence-electron chi connectivity index (χ0n) is 14.6. The van der Waals surface area contributed by atoms with Crippen molar-refractivity contribution < 1.29 is 22.7 Å². The van der Waals surface area contributed by atoms with Crippen LogP contribution in [0.15, 0.2) is 18.2 Å². The molecule has 1 heterocycles. The number of carbonyl (C=O) groups is 1. The monoisotopic (exact) mass is 355 g/mol. The first kappa shape index (κ1) is 18.6. The van der Waals surface area contributed by atoms with Crippen molar-refractivity contribution in [1.82, 2.24) is 4.90 Å². The van der Waals surface area contributed by atoms with Crippen LogP contribution in [0.2, 0.25) is 0 Å². The predicted molar refractivity (Wildman–Crippen MR) is 92.4 cm³/mol. The lowest BCUT2D eigenvalue weighted by atomic mass is 9.95. The fraction of sp³-hybridized carbons (Fsp3) is 0.588. The molecule has 0 radical (unpaired) electrons. The average Bonchev–Trinajstić information content (AvgIpc) is 2.93. The van der Waals surface area contributed by atoms with Gasteiger partial charge in [0, 0.05) is 25.6 Å². The molecule has 1 amide bonds. The SMILES string of the molecule is COc1ccc(C(C)CC(=O)N(C)C2CCS(=O)(=O)C2)c(OC)c1. The summed E-state index contributed by atoms with van der Waals surface area (Å²) in [4.78, 5) is 14.1. The van der Waals surface area contributed by atoms with E-state index >= 15 is 0 Å². The Balaban J connectivity index is 2.06. The second kappa shape index (κ2) is 7.42. The molecule has 0 aliphatic carbocycles. The number of hydrogen-bond donors (Lipinski definition) is 0. The van der Waals surface area contributed by atoms with Crippen molar-refractivity contribution in [1.29, 1.82) is 0 Å². The van der Waals surface area contributed by atoms with E-state index in [0.29, 0.717) is 24.3 Å². The van der Waals surface area contributed by atoms with Crippen molar-refractivity contribution in [2.45, 2.75) is 31.7 Å². The number of hydrogen-bond acceptors (Lipinski definition) is 5. The fourth-order valence-electron chi connectivity index (χ4n) is 3.03. The van der Waals surface area contributed by atoms with Crippen molar-refractivity contribution in [2.75, 3.05) is 32.8 Å². The van der Waals surface area contributed by atoms with Gasteiger partial charge in [0.05, 0.1) is 25.7 Å². The molecule has 1 fully saturated rings. The maximum absolute atomic E-state index is 12.5. The highest BCUT2D eigenvalue weighted by Crippen LogP contribution is 2.32. The summed E-state index contributed by atoms with van der Waals surface area (Å²) < 4.78 is 33.8. The largest absolute Gasteiger partial charge is 0.497 e. The molecule has 0 saturated carbocycles.